The number of halogens is 1. The van der Waals surface area contributed by atoms with Gasteiger partial charge in [-0.25, -0.2) is 9.97 Å². The van der Waals surface area contributed by atoms with Crippen molar-refractivity contribution >= 4 is 23.7 Å². The number of hydrogen-bond acceptors (Lipinski definition) is 4. The Labute approximate surface area is 112 Å². The standard InChI is InChI=1S/C13H18ClN3O/c1-13(2)4-3-6-17(7-5-13)12-10(8-18)11(14)15-9-16-12/h8-9H,3-7H2,1-2H3. The average molecular weight is 268 g/mol. The molecule has 1 fully saturated rings. The minimum absolute atomic E-state index is 0.235. The highest BCUT2D eigenvalue weighted by molar-refractivity contribution is 6.32. The van der Waals surface area contributed by atoms with Crippen molar-refractivity contribution in [1.29, 1.82) is 0 Å². The Morgan fingerprint density at radius 2 is 2.11 bits per heavy atom. The predicted octanol–water partition coefficient (Wildman–Crippen LogP) is 2.96. The second-order valence-corrected chi connectivity index (χ2v) is 5.88. The van der Waals surface area contributed by atoms with Gasteiger partial charge in [-0.05, 0) is 24.7 Å². The third-order valence-corrected chi connectivity index (χ3v) is 3.87. The number of rotatable bonds is 2. The van der Waals surface area contributed by atoms with Gasteiger partial charge in [0, 0.05) is 13.1 Å². The van der Waals surface area contributed by atoms with E-state index in [9.17, 15) is 4.79 Å². The number of anilines is 1. The smallest absolute Gasteiger partial charge is 0.156 e. The lowest BCUT2D eigenvalue weighted by atomic mass is 9.85. The van der Waals surface area contributed by atoms with Crippen LogP contribution in [0.25, 0.3) is 0 Å². The first-order chi connectivity index (χ1) is 8.53. The van der Waals surface area contributed by atoms with E-state index in [1.54, 1.807) is 0 Å². The largest absolute Gasteiger partial charge is 0.356 e. The molecular weight excluding hydrogens is 250 g/mol. The maximum Gasteiger partial charge on any atom is 0.156 e. The molecule has 1 aliphatic rings. The van der Waals surface area contributed by atoms with Gasteiger partial charge in [-0.2, -0.15) is 0 Å². The van der Waals surface area contributed by atoms with Crippen LogP contribution in [0.15, 0.2) is 6.33 Å². The second kappa shape index (κ2) is 5.22. The van der Waals surface area contributed by atoms with Crippen LogP contribution in [-0.4, -0.2) is 29.3 Å². The molecule has 1 aromatic rings. The van der Waals surface area contributed by atoms with Crippen molar-refractivity contribution in [2.75, 3.05) is 18.0 Å². The summed E-state index contributed by atoms with van der Waals surface area (Å²) in [7, 11) is 0. The summed E-state index contributed by atoms with van der Waals surface area (Å²) in [6, 6.07) is 0. The van der Waals surface area contributed by atoms with Crippen LogP contribution in [0.4, 0.5) is 5.82 Å². The quantitative estimate of drug-likeness (QED) is 0.611. The molecule has 0 bridgehead atoms. The number of hydrogen-bond donors (Lipinski definition) is 0. The van der Waals surface area contributed by atoms with E-state index < -0.39 is 0 Å². The van der Waals surface area contributed by atoms with Crippen molar-refractivity contribution in [3.63, 3.8) is 0 Å². The molecule has 1 saturated heterocycles. The second-order valence-electron chi connectivity index (χ2n) is 5.52. The summed E-state index contributed by atoms with van der Waals surface area (Å²) >= 11 is 5.94. The van der Waals surface area contributed by atoms with Crippen molar-refractivity contribution in [1.82, 2.24) is 9.97 Å². The fourth-order valence-electron chi connectivity index (χ4n) is 2.35. The van der Waals surface area contributed by atoms with Gasteiger partial charge in [0.2, 0.25) is 0 Å². The first-order valence-electron chi connectivity index (χ1n) is 6.24. The summed E-state index contributed by atoms with van der Waals surface area (Å²) in [6.45, 7) is 6.38. The summed E-state index contributed by atoms with van der Waals surface area (Å²) in [4.78, 5) is 21.3. The molecule has 98 valence electrons. The Balaban J connectivity index is 2.26. The van der Waals surface area contributed by atoms with Gasteiger partial charge in [0.05, 0.1) is 5.56 Å². The Morgan fingerprint density at radius 3 is 2.83 bits per heavy atom. The van der Waals surface area contributed by atoms with E-state index in [1.165, 1.54) is 12.7 Å². The van der Waals surface area contributed by atoms with Crippen molar-refractivity contribution in [3.8, 4) is 0 Å². The van der Waals surface area contributed by atoms with Crippen molar-refractivity contribution < 1.29 is 4.79 Å². The van der Waals surface area contributed by atoms with Crippen LogP contribution in [0.2, 0.25) is 5.15 Å². The highest BCUT2D eigenvalue weighted by Gasteiger charge is 2.25. The first kappa shape index (κ1) is 13.3. The lowest BCUT2D eigenvalue weighted by Crippen LogP contribution is -2.27. The van der Waals surface area contributed by atoms with E-state index in [4.69, 9.17) is 11.6 Å². The van der Waals surface area contributed by atoms with Crippen molar-refractivity contribution in [3.05, 3.63) is 17.0 Å². The van der Waals surface area contributed by atoms with Crippen LogP contribution in [0.1, 0.15) is 43.5 Å². The first-order valence-corrected chi connectivity index (χ1v) is 6.62. The van der Waals surface area contributed by atoms with Gasteiger partial charge in [0.1, 0.15) is 17.3 Å². The Morgan fingerprint density at radius 1 is 1.33 bits per heavy atom. The molecule has 0 aromatic carbocycles. The Hall–Kier alpha value is -1.16. The molecule has 0 saturated carbocycles. The Kier molecular flexibility index (Phi) is 3.85. The van der Waals surface area contributed by atoms with Gasteiger partial charge in [0.25, 0.3) is 0 Å². The third kappa shape index (κ3) is 2.80. The van der Waals surface area contributed by atoms with Crippen LogP contribution in [0, 0.1) is 5.41 Å². The summed E-state index contributed by atoms with van der Waals surface area (Å²) < 4.78 is 0. The number of carbonyl (C=O) groups is 1. The van der Waals surface area contributed by atoms with E-state index in [0.717, 1.165) is 32.2 Å². The number of aldehydes is 1. The van der Waals surface area contributed by atoms with Gasteiger partial charge in [0.15, 0.2) is 6.29 Å². The van der Waals surface area contributed by atoms with Crippen LogP contribution < -0.4 is 4.90 Å². The number of nitrogens with zero attached hydrogens (tertiary/aromatic N) is 3. The molecule has 18 heavy (non-hydrogen) atoms. The normalized spacial score (nSPS) is 19.4. The third-order valence-electron chi connectivity index (χ3n) is 3.57. The molecular formula is C13H18ClN3O. The maximum absolute atomic E-state index is 11.1. The molecule has 0 N–H and O–H groups in total. The molecule has 1 aromatic heterocycles. The summed E-state index contributed by atoms with van der Waals surface area (Å²) in [6.07, 6.45) is 5.55. The molecule has 0 atom stereocenters. The van der Waals surface area contributed by atoms with Gasteiger partial charge in [-0.15, -0.1) is 0 Å². The molecule has 0 aliphatic carbocycles. The molecule has 1 aliphatic heterocycles. The SMILES string of the molecule is CC1(C)CCCN(c2ncnc(Cl)c2C=O)CC1. The van der Waals surface area contributed by atoms with E-state index >= 15 is 0 Å². The zero-order chi connectivity index (χ0) is 13.2. The van der Waals surface area contributed by atoms with E-state index in [0.29, 0.717) is 16.8 Å². The van der Waals surface area contributed by atoms with E-state index in [-0.39, 0.29) is 5.15 Å². The minimum atomic E-state index is 0.235. The van der Waals surface area contributed by atoms with Gasteiger partial charge >= 0.3 is 0 Å². The Bertz CT molecular complexity index is 448. The zero-order valence-corrected chi connectivity index (χ0v) is 11.6. The van der Waals surface area contributed by atoms with Crippen molar-refractivity contribution in [2.24, 2.45) is 5.41 Å². The van der Waals surface area contributed by atoms with Gasteiger partial charge < -0.3 is 4.90 Å². The van der Waals surface area contributed by atoms with Crippen LogP contribution in [0.3, 0.4) is 0 Å². The summed E-state index contributed by atoms with van der Waals surface area (Å²) in [5.74, 6) is 0.669. The zero-order valence-electron chi connectivity index (χ0n) is 10.8. The minimum Gasteiger partial charge on any atom is -0.356 e. The molecule has 0 unspecified atom stereocenters. The average Bonchev–Trinajstić information content (AvgIpc) is 2.50. The number of aromatic nitrogens is 2. The molecule has 4 nitrogen and oxygen atoms in total. The topological polar surface area (TPSA) is 46.1 Å². The molecule has 0 radical (unpaired) electrons. The highest BCUT2D eigenvalue weighted by atomic mass is 35.5. The molecule has 0 amide bonds. The number of carbonyl (C=O) groups excluding carboxylic acids is 1. The van der Waals surface area contributed by atoms with Gasteiger partial charge in [-0.1, -0.05) is 25.4 Å². The fraction of sp³-hybridized carbons (Fsp3) is 0.615. The van der Waals surface area contributed by atoms with Crippen LogP contribution >= 0.6 is 11.6 Å². The van der Waals surface area contributed by atoms with E-state index in [2.05, 4.69) is 28.7 Å². The lowest BCUT2D eigenvalue weighted by molar-refractivity contribution is 0.112. The molecule has 5 heteroatoms. The van der Waals surface area contributed by atoms with Crippen LogP contribution in [-0.2, 0) is 0 Å². The van der Waals surface area contributed by atoms with Gasteiger partial charge in [-0.3, -0.25) is 4.79 Å². The van der Waals surface area contributed by atoms with Crippen LogP contribution in [0.5, 0.6) is 0 Å². The lowest BCUT2D eigenvalue weighted by Gasteiger charge is -2.24. The highest BCUT2D eigenvalue weighted by Crippen LogP contribution is 2.32. The summed E-state index contributed by atoms with van der Waals surface area (Å²) in [5.41, 5.74) is 0.756. The van der Waals surface area contributed by atoms with Crippen molar-refractivity contribution in [2.45, 2.75) is 33.1 Å². The maximum atomic E-state index is 11.1. The van der Waals surface area contributed by atoms with E-state index in [1.807, 2.05) is 0 Å². The molecule has 2 rings (SSSR count). The molecule has 0 spiro atoms. The summed E-state index contributed by atoms with van der Waals surface area (Å²) in [5, 5.41) is 0.235. The molecule has 2 heterocycles. The fourth-order valence-corrected chi connectivity index (χ4v) is 2.53. The monoisotopic (exact) mass is 267 g/mol. The predicted molar refractivity (Wildman–Crippen MR) is 72.3 cm³/mol.